The van der Waals surface area contributed by atoms with E-state index in [0.29, 0.717) is 0 Å². The molecule has 1 rings (SSSR count). The fraction of sp³-hybridized carbons (Fsp3) is 0.571. The summed E-state index contributed by atoms with van der Waals surface area (Å²) in [4.78, 5) is 0. The normalized spacial score (nSPS) is 11.8. The third-order valence-electron chi connectivity index (χ3n) is 2.97. The standard InChI is InChI=1S/C14H23BrN2/c1-14(2,11-17-10-4-9-16-3)12-5-7-13(15)8-6-12/h5-8,16-17H,4,9-11H2,1-3H3. The second kappa shape index (κ2) is 7.14. The van der Waals surface area contributed by atoms with Crippen LogP contribution < -0.4 is 10.6 Å². The van der Waals surface area contributed by atoms with Crippen molar-refractivity contribution in [2.24, 2.45) is 0 Å². The third kappa shape index (κ3) is 5.19. The van der Waals surface area contributed by atoms with Crippen LogP contribution in [0, 0.1) is 0 Å². The molecule has 0 unspecified atom stereocenters. The lowest BCUT2D eigenvalue weighted by molar-refractivity contribution is 0.464. The Labute approximate surface area is 113 Å². The Hall–Kier alpha value is -0.380. The maximum absolute atomic E-state index is 3.52. The Bertz CT molecular complexity index is 319. The minimum Gasteiger partial charge on any atom is -0.320 e. The van der Waals surface area contributed by atoms with E-state index in [9.17, 15) is 0 Å². The molecular weight excluding hydrogens is 276 g/mol. The van der Waals surface area contributed by atoms with Gasteiger partial charge in [-0.2, -0.15) is 0 Å². The lowest BCUT2D eigenvalue weighted by atomic mass is 9.84. The van der Waals surface area contributed by atoms with E-state index in [-0.39, 0.29) is 5.41 Å². The van der Waals surface area contributed by atoms with Gasteiger partial charge in [-0.25, -0.2) is 0 Å². The Morgan fingerprint density at radius 2 is 1.76 bits per heavy atom. The van der Waals surface area contributed by atoms with Crippen LogP contribution in [-0.2, 0) is 5.41 Å². The Morgan fingerprint density at radius 3 is 2.35 bits per heavy atom. The van der Waals surface area contributed by atoms with Crippen molar-refractivity contribution in [2.75, 3.05) is 26.7 Å². The van der Waals surface area contributed by atoms with Crippen molar-refractivity contribution < 1.29 is 0 Å². The van der Waals surface area contributed by atoms with E-state index in [1.54, 1.807) is 0 Å². The van der Waals surface area contributed by atoms with E-state index in [1.807, 2.05) is 7.05 Å². The molecule has 0 aromatic heterocycles. The van der Waals surface area contributed by atoms with E-state index in [1.165, 1.54) is 12.0 Å². The molecule has 0 aliphatic heterocycles. The van der Waals surface area contributed by atoms with Gasteiger partial charge >= 0.3 is 0 Å². The van der Waals surface area contributed by atoms with Crippen molar-refractivity contribution in [3.05, 3.63) is 34.3 Å². The third-order valence-corrected chi connectivity index (χ3v) is 3.50. The highest BCUT2D eigenvalue weighted by molar-refractivity contribution is 9.10. The van der Waals surface area contributed by atoms with Crippen LogP contribution in [0.5, 0.6) is 0 Å². The number of hydrogen-bond acceptors (Lipinski definition) is 2. The van der Waals surface area contributed by atoms with Crippen molar-refractivity contribution >= 4 is 15.9 Å². The molecule has 2 N–H and O–H groups in total. The molecule has 0 bridgehead atoms. The predicted octanol–water partition coefficient (Wildman–Crippen LogP) is 2.93. The van der Waals surface area contributed by atoms with Crippen LogP contribution in [0.3, 0.4) is 0 Å². The smallest absolute Gasteiger partial charge is 0.0175 e. The molecule has 0 heterocycles. The van der Waals surface area contributed by atoms with Gasteiger partial charge in [0.25, 0.3) is 0 Å². The zero-order chi connectivity index (χ0) is 12.7. The summed E-state index contributed by atoms with van der Waals surface area (Å²) < 4.78 is 1.14. The van der Waals surface area contributed by atoms with Gasteiger partial charge in [-0.1, -0.05) is 41.9 Å². The average molecular weight is 299 g/mol. The van der Waals surface area contributed by atoms with Gasteiger partial charge < -0.3 is 10.6 Å². The van der Waals surface area contributed by atoms with Crippen LogP contribution in [-0.4, -0.2) is 26.7 Å². The van der Waals surface area contributed by atoms with E-state index < -0.39 is 0 Å². The molecule has 0 radical (unpaired) electrons. The Balaban J connectivity index is 2.42. The maximum Gasteiger partial charge on any atom is 0.0175 e. The zero-order valence-electron chi connectivity index (χ0n) is 11.0. The summed E-state index contributed by atoms with van der Waals surface area (Å²) in [6.07, 6.45) is 1.17. The fourth-order valence-electron chi connectivity index (χ4n) is 1.79. The van der Waals surface area contributed by atoms with Gasteiger partial charge in [-0.15, -0.1) is 0 Å². The minimum absolute atomic E-state index is 0.181. The molecular formula is C14H23BrN2. The fourth-order valence-corrected chi connectivity index (χ4v) is 2.06. The van der Waals surface area contributed by atoms with Crippen molar-refractivity contribution in [1.82, 2.24) is 10.6 Å². The largest absolute Gasteiger partial charge is 0.320 e. The van der Waals surface area contributed by atoms with Crippen LogP contribution in [0.4, 0.5) is 0 Å². The van der Waals surface area contributed by atoms with Gasteiger partial charge in [-0.05, 0) is 44.3 Å². The first-order valence-corrected chi connectivity index (χ1v) is 6.97. The van der Waals surface area contributed by atoms with Crippen LogP contribution in [0.15, 0.2) is 28.7 Å². The van der Waals surface area contributed by atoms with Gasteiger partial charge in [0.15, 0.2) is 0 Å². The van der Waals surface area contributed by atoms with Crippen molar-refractivity contribution in [1.29, 1.82) is 0 Å². The van der Waals surface area contributed by atoms with Gasteiger partial charge in [0, 0.05) is 16.4 Å². The van der Waals surface area contributed by atoms with Crippen molar-refractivity contribution in [3.63, 3.8) is 0 Å². The molecule has 1 aromatic rings. The van der Waals surface area contributed by atoms with Crippen LogP contribution in [0.2, 0.25) is 0 Å². The van der Waals surface area contributed by atoms with Gasteiger partial charge in [0.05, 0.1) is 0 Å². The molecule has 17 heavy (non-hydrogen) atoms. The predicted molar refractivity (Wildman–Crippen MR) is 78.6 cm³/mol. The molecule has 3 heteroatoms. The zero-order valence-corrected chi connectivity index (χ0v) is 12.6. The highest BCUT2D eigenvalue weighted by atomic mass is 79.9. The van der Waals surface area contributed by atoms with Crippen LogP contribution >= 0.6 is 15.9 Å². The summed E-state index contributed by atoms with van der Waals surface area (Å²) in [6, 6.07) is 8.61. The molecule has 0 saturated heterocycles. The molecule has 0 atom stereocenters. The lowest BCUT2D eigenvalue weighted by Crippen LogP contribution is -2.34. The van der Waals surface area contributed by atoms with Crippen molar-refractivity contribution in [3.8, 4) is 0 Å². The summed E-state index contributed by atoms with van der Waals surface area (Å²) in [5.41, 5.74) is 1.56. The highest BCUT2D eigenvalue weighted by Gasteiger charge is 2.19. The molecule has 0 spiro atoms. The lowest BCUT2D eigenvalue weighted by Gasteiger charge is -2.26. The van der Waals surface area contributed by atoms with E-state index in [4.69, 9.17) is 0 Å². The second-order valence-corrected chi connectivity index (χ2v) is 5.94. The topological polar surface area (TPSA) is 24.1 Å². The summed E-state index contributed by atoms with van der Waals surface area (Å²) >= 11 is 3.47. The van der Waals surface area contributed by atoms with Crippen LogP contribution in [0.1, 0.15) is 25.8 Å². The summed E-state index contributed by atoms with van der Waals surface area (Å²) in [6.45, 7) is 7.72. The van der Waals surface area contributed by atoms with Gasteiger partial charge in [0.2, 0.25) is 0 Å². The summed E-state index contributed by atoms with van der Waals surface area (Å²) in [5.74, 6) is 0. The number of hydrogen-bond donors (Lipinski definition) is 2. The van der Waals surface area contributed by atoms with E-state index in [0.717, 1.165) is 24.1 Å². The molecule has 0 amide bonds. The number of halogens is 1. The molecule has 0 saturated carbocycles. The minimum atomic E-state index is 0.181. The number of rotatable bonds is 7. The van der Waals surface area contributed by atoms with Gasteiger partial charge in [0.1, 0.15) is 0 Å². The molecule has 2 nitrogen and oxygen atoms in total. The Morgan fingerprint density at radius 1 is 1.12 bits per heavy atom. The quantitative estimate of drug-likeness (QED) is 0.757. The monoisotopic (exact) mass is 298 g/mol. The first kappa shape index (κ1) is 14.7. The molecule has 0 fully saturated rings. The SMILES string of the molecule is CNCCCNCC(C)(C)c1ccc(Br)cc1. The number of nitrogens with one attached hydrogen (secondary N) is 2. The molecule has 1 aromatic carbocycles. The molecule has 0 aliphatic carbocycles. The van der Waals surface area contributed by atoms with E-state index >= 15 is 0 Å². The second-order valence-electron chi connectivity index (χ2n) is 5.02. The highest BCUT2D eigenvalue weighted by Crippen LogP contribution is 2.23. The number of benzene rings is 1. The van der Waals surface area contributed by atoms with E-state index in [2.05, 4.69) is 64.7 Å². The molecule has 96 valence electrons. The van der Waals surface area contributed by atoms with Crippen LogP contribution in [0.25, 0.3) is 0 Å². The summed E-state index contributed by atoms with van der Waals surface area (Å²) in [7, 11) is 1.99. The molecule has 0 aliphatic rings. The average Bonchev–Trinajstić information content (AvgIpc) is 2.29. The van der Waals surface area contributed by atoms with Crippen molar-refractivity contribution in [2.45, 2.75) is 25.7 Å². The van der Waals surface area contributed by atoms with Gasteiger partial charge in [-0.3, -0.25) is 0 Å². The summed E-state index contributed by atoms with van der Waals surface area (Å²) in [5, 5.41) is 6.68. The first-order chi connectivity index (χ1) is 8.06. The first-order valence-electron chi connectivity index (χ1n) is 6.17. The maximum atomic E-state index is 3.52. The Kier molecular flexibility index (Phi) is 6.17.